The van der Waals surface area contributed by atoms with Gasteiger partial charge in [0.25, 0.3) is 0 Å². The summed E-state index contributed by atoms with van der Waals surface area (Å²) >= 11 is 0. The van der Waals surface area contributed by atoms with E-state index in [4.69, 9.17) is 0 Å². The average Bonchev–Trinajstić information content (AvgIpc) is 2.78. The van der Waals surface area contributed by atoms with E-state index in [1.807, 2.05) is 6.07 Å². The van der Waals surface area contributed by atoms with Crippen LogP contribution in [0.2, 0.25) is 0 Å². The van der Waals surface area contributed by atoms with E-state index < -0.39 is 0 Å². The predicted octanol–water partition coefficient (Wildman–Crippen LogP) is 2.30. The van der Waals surface area contributed by atoms with E-state index in [-0.39, 0.29) is 6.61 Å². The van der Waals surface area contributed by atoms with Crippen LogP contribution in [0.4, 0.5) is 0 Å². The fourth-order valence-corrected chi connectivity index (χ4v) is 2.74. The molecule has 0 saturated heterocycles. The highest BCUT2D eigenvalue weighted by Crippen LogP contribution is 2.22. The fraction of sp³-hybridized carbons (Fsp3) is 0.400. The third-order valence-corrected chi connectivity index (χ3v) is 3.63. The van der Waals surface area contributed by atoms with Gasteiger partial charge in [-0.25, -0.2) is 4.98 Å². The van der Waals surface area contributed by atoms with Crippen molar-refractivity contribution in [2.45, 2.75) is 38.8 Å². The molecule has 0 unspecified atom stereocenters. The third-order valence-electron chi connectivity index (χ3n) is 3.63. The average molecular weight is 242 g/mol. The van der Waals surface area contributed by atoms with Crippen molar-refractivity contribution >= 4 is 0 Å². The van der Waals surface area contributed by atoms with Crippen molar-refractivity contribution in [1.82, 2.24) is 9.55 Å². The first-order chi connectivity index (χ1) is 8.88. The van der Waals surface area contributed by atoms with Crippen molar-refractivity contribution in [3.8, 4) is 0 Å². The Labute approximate surface area is 107 Å². The van der Waals surface area contributed by atoms with Gasteiger partial charge in [0.2, 0.25) is 0 Å². The maximum atomic E-state index is 9.40. The van der Waals surface area contributed by atoms with Gasteiger partial charge in [-0.05, 0) is 24.8 Å². The first kappa shape index (κ1) is 11.5. The lowest BCUT2D eigenvalue weighted by atomic mass is 10.1. The van der Waals surface area contributed by atoms with Crippen molar-refractivity contribution in [3.63, 3.8) is 0 Å². The van der Waals surface area contributed by atoms with E-state index in [0.29, 0.717) is 0 Å². The normalized spacial score (nSPS) is 14.5. The maximum Gasteiger partial charge on any atom is 0.113 e. The number of benzene rings is 1. The second kappa shape index (κ2) is 4.94. The highest BCUT2D eigenvalue weighted by molar-refractivity contribution is 5.24. The molecule has 0 fully saturated rings. The minimum Gasteiger partial charge on any atom is -0.390 e. The number of nitrogens with zero attached hydrogens (tertiary/aromatic N) is 2. The first-order valence-electron chi connectivity index (χ1n) is 6.60. The topological polar surface area (TPSA) is 38.1 Å². The number of rotatable bonds is 3. The van der Waals surface area contributed by atoms with Gasteiger partial charge in [-0.15, -0.1) is 0 Å². The largest absolute Gasteiger partial charge is 0.390 e. The van der Waals surface area contributed by atoms with Crippen LogP contribution < -0.4 is 0 Å². The summed E-state index contributed by atoms with van der Waals surface area (Å²) in [5, 5.41) is 9.40. The van der Waals surface area contributed by atoms with Gasteiger partial charge in [0, 0.05) is 18.7 Å². The van der Waals surface area contributed by atoms with Crippen LogP contribution in [0, 0.1) is 0 Å². The molecule has 3 nitrogen and oxygen atoms in total. The molecule has 0 atom stereocenters. The number of hydrogen-bond acceptors (Lipinski definition) is 2. The van der Waals surface area contributed by atoms with E-state index in [2.05, 4.69) is 33.8 Å². The van der Waals surface area contributed by atoms with E-state index in [9.17, 15) is 5.11 Å². The van der Waals surface area contributed by atoms with Crippen molar-refractivity contribution in [1.29, 1.82) is 0 Å². The molecule has 2 heterocycles. The Morgan fingerprint density at radius 3 is 2.78 bits per heavy atom. The van der Waals surface area contributed by atoms with Gasteiger partial charge in [0.05, 0.1) is 12.3 Å². The number of hydrogen-bond donors (Lipinski definition) is 1. The van der Waals surface area contributed by atoms with Crippen LogP contribution in [0.5, 0.6) is 0 Å². The number of imidazole rings is 1. The van der Waals surface area contributed by atoms with Gasteiger partial charge in [-0.2, -0.15) is 0 Å². The maximum absolute atomic E-state index is 9.40. The second-order valence-electron chi connectivity index (χ2n) is 4.85. The molecule has 0 saturated carbocycles. The third kappa shape index (κ3) is 2.06. The summed E-state index contributed by atoms with van der Waals surface area (Å²) < 4.78 is 2.31. The molecular formula is C15H18N2O. The molecule has 0 aliphatic carbocycles. The van der Waals surface area contributed by atoms with E-state index in [0.717, 1.165) is 30.9 Å². The molecule has 94 valence electrons. The highest BCUT2D eigenvalue weighted by atomic mass is 16.3. The quantitative estimate of drug-likeness (QED) is 0.897. The molecule has 3 heteroatoms. The lowest BCUT2D eigenvalue weighted by Crippen LogP contribution is -2.13. The summed E-state index contributed by atoms with van der Waals surface area (Å²) in [6, 6.07) is 10.4. The summed E-state index contributed by atoms with van der Waals surface area (Å²) in [5.41, 5.74) is 3.40. The van der Waals surface area contributed by atoms with Crippen molar-refractivity contribution in [2.75, 3.05) is 0 Å². The van der Waals surface area contributed by atoms with Gasteiger partial charge in [-0.1, -0.05) is 30.3 Å². The van der Waals surface area contributed by atoms with Gasteiger partial charge in [-0.3, -0.25) is 0 Å². The van der Waals surface area contributed by atoms with Gasteiger partial charge >= 0.3 is 0 Å². The van der Waals surface area contributed by atoms with Crippen LogP contribution in [0.15, 0.2) is 30.3 Å². The molecule has 1 aliphatic heterocycles. The van der Waals surface area contributed by atoms with E-state index >= 15 is 0 Å². The Morgan fingerprint density at radius 1 is 1.17 bits per heavy atom. The Hall–Kier alpha value is -1.61. The number of aliphatic hydroxyl groups excluding tert-OH is 1. The van der Waals surface area contributed by atoms with E-state index in [1.54, 1.807) is 0 Å². The molecule has 0 bridgehead atoms. The summed E-state index contributed by atoms with van der Waals surface area (Å²) in [7, 11) is 0. The van der Waals surface area contributed by atoms with Crippen LogP contribution in [0.25, 0.3) is 0 Å². The van der Waals surface area contributed by atoms with Gasteiger partial charge in [0.15, 0.2) is 0 Å². The Morgan fingerprint density at radius 2 is 2.00 bits per heavy atom. The van der Waals surface area contributed by atoms with Crippen LogP contribution in [0.1, 0.15) is 35.6 Å². The lowest BCUT2D eigenvalue weighted by Gasteiger charge is -2.17. The second-order valence-corrected chi connectivity index (χ2v) is 4.85. The summed E-state index contributed by atoms with van der Waals surface area (Å²) in [6.07, 6.45) is 4.34. The number of aromatic nitrogens is 2. The standard InChI is InChI=1S/C15H18N2O/c18-11-13-14-8-4-5-9-17(14)15(16-13)10-12-6-2-1-3-7-12/h1-3,6-7,18H,4-5,8-11H2. The predicted molar refractivity (Wildman–Crippen MR) is 70.3 cm³/mol. The Bertz CT molecular complexity index is 531. The number of aliphatic hydroxyl groups is 1. The zero-order valence-electron chi connectivity index (χ0n) is 10.5. The van der Waals surface area contributed by atoms with E-state index in [1.165, 1.54) is 24.1 Å². The zero-order chi connectivity index (χ0) is 12.4. The van der Waals surface area contributed by atoms with Crippen LogP contribution in [-0.2, 0) is 26.0 Å². The Balaban J connectivity index is 1.94. The van der Waals surface area contributed by atoms with Gasteiger partial charge in [0.1, 0.15) is 5.82 Å². The molecule has 1 aliphatic rings. The lowest BCUT2D eigenvalue weighted by molar-refractivity contribution is 0.275. The van der Waals surface area contributed by atoms with Crippen molar-refractivity contribution in [2.24, 2.45) is 0 Å². The molecular weight excluding hydrogens is 224 g/mol. The number of fused-ring (bicyclic) bond motifs is 1. The zero-order valence-corrected chi connectivity index (χ0v) is 10.5. The fourth-order valence-electron chi connectivity index (χ4n) is 2.74. The highest BCUT2D eigenvalue weighted by Gasteiger charge is 2.19. The Kier molecular flexibility index (Phi) is 3.15. The minimum absolute atomic E-state index is 0.0596. The van der Waals surface area contributed by atoms with Crippen molar-refractivity contribution < 1.29 is 5.11 Å². The summed E-state index contributed by atoms with van der Waals surface area (Å²) in [6.45, 7) is 1.11. The molecule has 0 radical (unpaired) electrons. The molecule has 0 amide bonds. The van der Waals surface area contributed by atoms with Gasteiger partial charge < -0.3 is 9.67 Å². The molecule has 18 heavy (non-hydrogen) atoms. The van der Waals surface area contributed by atoms with Crippen LogP contribution in [-0.4, -0.2) is 14.7 Å². The van der Waals surface area contributed by atoms with Crippen molar-refractivity contribution in [3.05, 3.63) is 53.1 Å². The van der Waals surface area contributed by atoms with Crippen LogP contribution >= 0.6 is 0 Å². The minimum atomic E-state index is 0.0596. The SMILES string of the molecule is OCc1nc(Cc2ccccc2)n2c1CCCC2. The first-order valence-corrected chi connectivity index (χ1v) is 6.60. The molecule has 3 rings (SSSR count). The molecule has 1 aromatic heterocycles. The molecule has 1 N–H and O–H groups in total. The summed E-state index contributed by atoms with van der Waals surface area (Å²) in [5.74, 6) is 1.10. The molecule has 0 spiro atoms. The molecule has 2 aromatic rings. The monoisotopic (exact) mass is 242 g/mol. The smallest absolute Gasteiger partial charge is 0.113 e. The van der Waals surface area contributed by atoms with Crippen LogP contribution in [0.3, 0.4) is 0 Å². The summed E-state index contributed by atoms with van der Waals surface area (Å²) in [4.78, 5) is 4.62. The molecule has 1 aromatic carbocycles.